The van der Waals surface area contributed by atoms with Crippen LogP contribution < -0.4 is 5.32 Å². The summed E-state index contributed by atoms with van der Waals surface area (Å²) in [5, 5.41) is 3.03. The Bertz CT molecular complexity index is 850. The number of methoxy groups -OCH3 is 1. The molecular formula is C18H14BrF3N2O2. The maximum atomic E-state index is 13.7. The van der Waals surface area contributed by atoms with Gasteiger partial charge in [-0.05, 0) is 29.8 Å². The summed E-state index contributed by atoms with van der Waals surface area (Å²) in [7, 11) is 1.06. The number of anilines is 1. The summed E-state index contributed by atoms with van der Waals surface area (Å²) in [4.78, 5) is 16.1. The number of esters is 1. The van der Waals surface area contributed by atoms with Gasteiger partial charge in [0.15, 0.2) is 0 Å². The lowest BCUT2D eigenvalue weighted by Gasteiger charge is -2.27. The molecule has 0 radical (unpaired) electrons. The SMILES string of the molecule is COC(=O)[C@H]1C(C(F)(F)F)=Nc2ccccc2N[C@H]1c1ccc(Br)cc1. The molecule has 0 bridgehead atoms. The van der Waals surface area contributed by atoms with Crippen molar-refractivity contribution < 1.29 is 22.7 Å². The van der Waals surface area contributed by atoms with E-state index in [-0.39, 0.29) is 5.69 Å². The lowest BCUT2D eigenvalue weighted by atomic mass is 9.88. The van der Waals surface area contributed by atoms with Crippen molar-refractivity contribution in [2.45, 2.75) is 12.2 Å². The van der Waals surface area contributed by atoms with Crippen molar-refractivity contribution in [2.75, 3.05) is 12.4 Å². The Kier molecular flexibility index (Phi) is 5.04. The first-order valence-corrected chi connectivity index (χ1v) is 8.45. The Morgan fingerprint density at radius 2 is 1.81 bits per heavy atom. The fraction of sp³-hybridized carbons (Fsp3) is 0.222. The summed E-state index contributed by atoms with van der Waals surface area (Å²) in [5.41, 5.74) is -0.145. The van der Waals surface area contributed by atoms with E-state index in [0.717, 1.165) is 11.6 Å². The number of ether oxygens (including phenoxy) is 1. The Hall–Kier alpha value is -2.35. The lowest BCUT2D eigenvalue weighted by Crippen LogP contribution is -2.41. The monoisotopic (exact) mass is 426 g/mol. The number of carbonyl (C=O) groups is 1. The number of halogens is 4. The van der Waals surface area contributed by atoms with Crippen LogP contribution in [0.1, 0.15) is 11.6 Å². The summed E-state index contributed by atoms with van der Waals surface area (Å²) < 4.78 is 46.7. The van der Waals surface area contributed by atoms with Gasteiger partial charge in [-0.25, -0.2) is 4.99 Å². The van der Waals surface area contributed by atoms with Crippen molar-refractivity contribution in [3.8, 4) is 0 Å². The third kappa shape index (κ3) is 3.60. The van der Waals surface area contributed by atoms with Crippen molar-refractivity contribution in [3.63, 3.8) is 0 Å². The number of para-hydroxylation sites is 2. The largest absolute Gasteiger partial charge is 0.468 e. The van der Waals surface area contributed by atoms with E-state index in [1.54, 1.807) is 42.5 Å². The predicted molar refractivity (Wildman–Crippen MR) is 95.6 cm³/mol. The maximum absolute atomic E-state index is 13.7. The molecule has 4 nitrogen and oxygen atoms in total. The highest BCUT2D eigenvalue weighted by molar-refractivity contribution is 9.10. The van der Waals surface area contributed by atoms with E-state index in [1.165, 1.54) is 6.07 Å². The number of alkyl halides is 3. The topological polar surface area (TPSA) is 50.7 Å². The van der Waals surface area contributed by atoms with Crippen LogP contribution in [0.25, 0.3) is 0 Å². The number of fused-ring (bicyclic) bond motifs is 1. The van der Waals surface area contributed by atoms with Crippen LogP contribution in [-0.4, -0.2) is 25.0 Å². The zero-order valence-corrected chi connectivity index (χ0v) is 15.1. The van der Waals surface area contributed by atoms with Crippen LogP contribution in [0.15, 0.2) is 58.0 Å². The molecule has 0 fully saturated rings. The number of nitrogens with one attached hydrogen (secondary N) is 1. The third-order valence-corrected chi connectivity index (χ3v) is 4.59. The molecule has 3 rings (SSSR count). The summed E-state index contributed by atoms with van der Waals surface area (Å²) in [6.07, 6.45) is -4.79. The molecule has 1 aliphatic heterocycles. The van der Waals surface area contributed by atoms with Crippen LogP contribution in [-0.2, 0) is 9.53 Å². The van der Waals surface area contributed by atoms with Crippen molar-refractivity contribution in [3.05, 3.63) is 58.6 Å². The van der Waals surface area contributed by atoms with Crippen molar-refractivity contribution in [1.82, 2.24) is 0 Å². The highest BCUT2D eigenvalue weighted by Crippen LogP contribution is 2.41. The molecule has 0 amide bonds. The van der Waals surface area contributed by atoms with Crippen LogP contribution in [0.2, 0.25) is 0 Å². The first-order chi connectivity index (χ1) is 12.3. The molecule has 0 saturated heterocycles. The van der Waals surface area contributed by atoms with E-state index in [2.05, 4.69) is 31.0 Å². The highest BCUT2D eigenvalue weighted by atomic mass is 79.9. The van der Waals surface area contributed by atoms with E-state index in [0.29, 0.717) is 11.3 Å². The normalized spacial score (nSPS) is 19.7. The van der Waals surface area contributed by atoms with E-state index < -0.39 is 29.8 Å². The second-order valence-corrected chi connectivity index (χ2v) is 6.60. The van der Waals surface area contributed by atoms with Gasteiger partial charge in [-0.2, -0.15) is 13.2 Å². The molecule has 2 aromatic rings. The third-order valence-electron chi connectivity index (χ3n) is 4.06. The molecule has 2 aromatic carbocycles. The minimum atomic E-state index is -4.79. The van der Waals surface area contributed by atoms with E-state index in [4.69, 9.17) is 0 Å². The molecule has 26 heavy (non-hydrogen) atoms. The quantitative estimate of drug-likeness (QED) is 0.684. The second kappa shape index (κ2) is 7.11. The first kappa shape index (κ1) is 18.4. The highest BCUT2D eigenvalue weighted by Gasteiger charge is 2.49. The van der Waals surface area contributed by atoms with Crippen LogP contribution in [0.3, 0.4) is 0 Å². The molecule has 136 valence electrons. The van der Waals surface area contributed by atoms with Crippen LogP contribution in [0.5, 0.6) is 0 Å². The Labute approximate surface area is 156 Å². The number of aliphatic imine (C=N–C) groups is 1. The van der Waals surface area contributed by atoms with Gasteiger partial charge in [0.05, 0.1) is 24.5 Å². The molecule has 0 saturated carbocycles. The zero-order chi connectivity index (χ0) is 18.9. The van der Waals surface area contributed by atoms with Gasteiger partial charge in [-0.15, -0.1) is 0 Å². The Balaban J connectivity index is 2.22. The molecular weight excluding hydrogens is 413 g/mol. The molecule has 0 unspecified atom stereocenters. The van der Waals surface area contributed by atoms with Crippen molar-refractivity contribution >= 4 is 39.0 Å². The average molecular weight is 427 g/mol. The summed E-state index contributed by atoms with van der Waals surface area (Å²) >= 11 is 3.30. The fourth-order valence-electron chi connectivity index (χ4n) is 2.86. The fourth-order valence-corrected chi connectivity index (χ4v) is 3.13. The molecule has 0 aromatic heterocycles. The summed E-state index contributed by atoms with van der Waals surface area (Å²) in [5.74, 6) is -2.65. The van der Waals surface area contributed by atoms with E-state index in [1.807, 2.05) is 0 Å². The van der Waals surface area contributed by atoms with Gasteiger partial charge in [0.25, 0.3) is 0 Å². The average Bonchev–Trinajstić information content (AvgIpc) is 2.78. The molecule has 8 heteroatoms. The van der Waals surface area contributed by atoms with Gasteiger partial charge >= 0.3 is 12.1 Å². The number of rotatable bonds is 2. The molecule has 0 aliphatic carbocycles. The van der Waals surface area contributed by atoms with E-state index in [9.17, 15) is 18.0 Å². The summed E-state index contributed by atoms with van der Waals surface area (Å²) in [6, 6.07) is 12.1. The van der Waals surface area contributed by atoms with Gasteiger partial charge in [0.2, 0.25) is 0 Å². The lowest BCUT2D eigenvalue weighted by molar-refractivity contribution is -0.145. The number of hydrogen-bond donors (Lipinski definition) is 1. The summed E-state index contributed by atoms with van der Waals surface area (Å²) in [6.45, 7) is 0. The standard InChI is InChI=1S/C18H14BrF3N2O2/c1-26-17(25)14-15(10-6-8-11(19)9-7-10)23-12-4-2-3-5-13(12)24-16(14)18(20,21)22/h2-9,14-15,23H,1H3/t14-,15+/m1/s1. The number of benzene rings is 2. The van der Waals surface area contributed by atoms with Gasteiger partial charge in [0.1, 0.15) is 11.6 Å². The molecule has 2 atom stereocenters. The minimum absolute atomic E-state index is 0.119. The van der Waals surface area contributed by atoms with E-state index >= 15 is 0 Å². The Morgan fingerprint density at radius 1 is 1.15 bits per heavy atom. The number of carbonyl (C=O) groups excluding carboxylic acids is 1. The smallest absolute Gasteiger partial charge is 0.430 e. The van der Waals surface area contributed by atoms with Gasteiger partial charge in [0, 0.05) is 4.47 Å². The van der Waals surface area contributed by atoms with Gasteiger partial charge < -0.3 is 10.1 Å². The van der Waals surface area contributed by atoms with Gasteiger partial charge in [-0.1, -0.05) is 40.2 Å². The predicted octanol–water partition coefficient (Wildman–Crippen LogP) is 5.04. The molecule has 1 aliphatic rings. The molecule has 0 spiro atoms. The number of hydrogen-bond acceptors (Lipinski definition) is 4. The Morgan fingerprint density at radius 3 is 2.42 bits per heavy atom. The van der Waals surface area contributed by atoms with Crippen LogP contribution in [0.4, 0.5) is 24.5 Å². The molecule has 1 heterocycles. The van der Waals surface area contributed by atoms with Crippen molar-refractivity contribution in [2.24, 2.45) is 10.9 Å². The van der Waals surface area contributed by atoms with Crippen molar-refractivity contribution in [1.29, 1.82) is 0 Å². The minimum Gasteiger partial charge on any atom is -0.468 e. The van der Waals surface area contributed by atoms with Gasteiger partial charge in [-0.3, -0.25) is 4.79 Å². The van der Waals surface area contributed by atoms with Crippen LogP contribution >= 0.6 is 15.9 Å². The van der Waals surface area contributed by atoms with Crippen LogP contribution in [0, 0.1) is 5.92 Å². The second-order valence-electron chi connectivity index (χ2n) is 5.69. The first-order valence-electron chi connectivity index (χ1n) is 7.66. The zero-order valence-electron chi connectivity index (χ0n) is 13.5. The molecule has 1 N–H and O–H groups in total. The number of nitrogens with zero attached hydrogens (tertiary/aromatic N) is 1. The maximum Gasteiger partial charge on any atom is 0.430 e.